The number of esters is 1. The van der Waals surface area contributed by atoms with E-state index in [1.54, 1.807) is 12.1 Å². The molecule has 0 aromatic heterocycles. The third-order valence-electron chi connectivity index (χ3n) is 5.01. The summed E-state index contributed by atoms with van der Waals surface area (Å²) in [7, 11) is -3.03. The van der Waals surface area contributed by atoms with Crippen LogP contribution in [0.5, 0.6) is 0 Å². The van der Waals surface area contributed by atoms with E-state index in [1.807, 2.05) is 19.9 Å². The quantitative estimate of drug-likeness (QED) is 0.330. The summed E-state index contributed by atoms with van der Waals surface area (Å²) in [6.45, 7) is 3.95. The number of sulfonamides is 1. The number of nitrogens with one attached hydrogen (secondary N) is 1. The van der Waals surface area contributed by atoms with Crippen LogP contribution in [0.1, 0.15) is 67.1 Å². The summed E-state index contributed by atoms with van der Waals surface area (Å²) in [5, 5.41) is 0. The van der Waals surface area contributed by atoms with Crippen LogP contribution in [0.4, 0.5) is 13.2 Å². The number of alkyl halides is 3. The lowest BCUT2D eigenvalue weighted by atomic mass is 9.94. The minimum absolute atomic E-state index is 0.301. The van der Waals surface area contributed by atoms with E-state index in [2.05, 4.69) is 4.72 Å². The molecular formula is C24H28F3NO4S. The van der Waals surface area contributed by atoms with Gasteiger partial charge in [-0.15, -0.1) is 0 Å². The Balaban J connectivity index is 2.52. The molecule has 0 amide bonds. The number of methoxy groups -OCH3 is 1. The predicted octanol–water partition coefficient (Wildman–Crippen LogP) is 6.04. The van der Waals surface area contributed by atoms with Gasteiger partial charge in [-0.3, -0.25) is 0 Å². The Hall–Kier alpha value is -2.65. The highest BCUT2D eigenvalue weighted by Crippen LogP contribution is 2.32. The van der Waals surface area contributed by atoms with E-state index in [1.165, 1.54) is 19.2 Å². The van der Waals surface area contributed by atoms with Gasteiger partial charge >= 0.3 is 12.1 Å². The Morgan fingerprint density at radius 1 is 1.09 bits per heavy atom. The molecule has 0 heterocycles. The van der Waals surface area contributed by atoms with E-state index < -0.39 is 38.7 Å². The van der Waals surface area contributed by atoms with Gasteiger partial charge in [0.15, 0.2) is 0 Å². The van der Waals surface area contributed by atoms with E-state index in [4.69, 9.17) is 4.74 Å². The molecule has 2 aromatic carbocycles. The average Bonchev–Trinajstić information content (AvgIpc) is 2.79. The number of carbonyl (C=O) groups excluding carboxylic acids is 1. The Morgan fingerprint density at radius 2 is 1.76 bits per heavy atom. The first-order valence-corrected chi connectivity index (χ1v) is 12.1. The largest absolute Gasteiger partial charge is 0.465 e. The molecule has 1 N–H and O–H groups in total. The average molecular weight is 484 g/mol. The molecule has 2 aromatic rings. The van der Waals surface area contributed by atoms with Gasteiger partial charge in [-0.2, -0.15) is 17.9 Å². The first kappa shape index (κ1) is 26.6. The molecule has 0 radical (unpaired) electrons. The van der Waals surface area contributed by atoms with Gasteiger partial charge < -0.3 is 4.74 Å². The summed E-state index contributed by atoms with van der Waals surface area (Å²) in [5.74, 6) is -0.530. The monoisotopic (exact) mass is 483 g/mol. The lowest BCUT2D eigenvalue weighted by Gasteiger charge is -2.23. The number of hydrogen-bond donors (Lipinski definition) is 1. The molecule has 0 aliphatic carbocycles. The Kier molecular flexibility index (Phi) is 9.25. The van der Waals surface area contributed by atoms with Crippen molar-refractivity contribution >= 4 is 16.0 Å². The third kappa shape index (κ3) is 7.17. The Bertz CT molecular complexity index is 1080. The van der Waals surface area contributed by atoms with E-state index in [0.29, 0.717) is 23.6 Å². The maximum atomic E-state index is 13.1. The van der Waals surface area contributed by atoms with Crippen LogP contribution in [-0.2, 0) is 20.9 Å². The van der Waals surface area contributed by atoms with Gasteiger partial charge in [0.05, 0.1) is 29.2 Å². The van der Waals surface area contributed by atoms with Crippen molar-refractivity contribution in [2.45, 2.75) is 56.6 Å². The van der Waals surface area contributed by atoms with E-state index in [9.17, 15) is 26.4 Å². The van der Waals surface area contributed by atoms with Gasteiger partial charge in [-0.1, -0.05) is 56.5 Å². The van der Waals surface area contributed by atoms with Crippen molar-refractivity contribution in [1.29, 1.82) is 0 Å². The second-order valence-electron chi connectivity index (χ2n) is 7.51. The maximum Gasteiger partial charge on any atom is 0.416 e. The lowest BCUT2D eigenvalue weighted by molar-refractivity contribution is -0.137. The smallest absolute Gasteiger partial charge is 0.416 e. The van der Waals surface area contributed by atoms with E-state index in [0.717, 1.165) is 43.0 Å². The molecule has 0 aliphatic rings. The standard InChI is InChI=1S/C24H28F3NO4S/c1-4-6-9-17(8-5-2)22(18-12-14-19(15-13-18)23(29)32-3)28-33(30,31)21-11-7-10-20(16-21)24(25,26)27/h7,9-16,22,28H,4-6,8H2,1-3H3/t22-/m1/s1. The number of benzene rings is 2. The van der Waals surface area contributed by atoms with Crippen molar-refractivity contribution in [2.24, 2.45) is 0 Å². The highest BCUT2D eigenvalue weighted by Gasteiger charge is 2.32. The molecule has 0 aliphatic heterocycles. The zero-order valence-electron chi connectivity index (χ0n) is 18.8. The SMILES string of the molecule is CCCC=C(CCC)[C@@H](NS(=O)(=O)c1cccc(C(F)(F)F)c1)c1ccc(C(=O)OC)cc1. The molecule has 0 unspecified atom stereocenters. The van der Waals surface area contributed by atoms with Crippen molar-refractivity contribution in [1.82, 2.24) is 4.72 Å². The van der Waals surface area contributed by atoms with Crippen LogP contribution in [0.3, 0.4) is 0 Å². The van der Waals surface area contributed by atoms with E-state index >= 15 is 0 Å². The highest BCUT2D eigenvalue weighted by atomic mass is 32.2. The summed E-state index contributed by atoms with van der Waals surface area (Å²) in [5.41, 5.74) is 0.629. The number of rotatable bonds is 10. The van der Waals surface area contributed by atoms with Gasteiger partial charge in [0.2, 0.25) is 10.0 Å². The van der Waals surface area contributed by atoms with Crippen LogP contribution in [0.15, 0.2) is 65.1 Å². The molecule has 0 saturated heterocycles. The van der Waals surface area contributed by atoms with Crippen LogP contribution in [0, 0.1) is 0 Å². The molecule has 0 saturated carbocycles. The van der Waals surface area contributed by atoms with Crippen molar-refractivity contribution in [3.63, 3.8) is 0 Å². The van der Waals surface area contributed by atoms with Crippen LogP contribution in [-0.4, -0.2) is 21.5 Å². The molecule has 0 spiro atoms. The fourth-order valence-electron chi connectivity index (χ4n) is 3.33. The number of allylic oxidation sites excluding steroid dienone is 1. The van der Waals surface area contributed by atoms with Gasteiger partial charge in [0.1, 0.15) is 0 Å². The summed E-state index contributed by atoms with van der Waals surface area (Å²) < 4.78 is 72.9. The van der Waals surface area contributed by atoms with Gasteiger partial charge in [0.25, 0.3) is 0 Å². The third-order valence-corrected chi connectivity index (χ3v) is 6.43. The van der Waals surface area contributed by atoms with Crippen LogP contribution < -0.4 is 4.72 Å². The molecular weight excluding hydrogens is 455 g/mol. The Labute approximate surface area is 192 Å². The van der Waals surface area contributed by atoms with Crippen molar-refractivity contribution in [3.8, 4) is 0 Å². The first-order chi connectivity index (χ1) is 15.5. The number of unbranched alkanes of at least 4 members (excludes halogenated alkanes) is 1. The number of ether oxygens (including phenoxy) is 1. The van der Waals surface area contributed by atoms with Crippen molar-refractivity contribution in [2.75, 3.05) is 7.11 Å². The molecule has 0 fully saturated rings. The molecule has 9 heteroatoms. The minimum Gasteiger partial charge on any atom is -0.465 e. The maximum absolute atomic E-state index is 13.1. The zero-order valence-corrected chi connectivity index (χ0v) is 19.6. The fourth-order valence-corrected chi connectivity index (χ4v) is 4.61. The second kappa shape index (κ2) is 11.5. The second-order valence-corrected chi connectivity index (χ2v) is 9.23. The van der Waals surface area contributed by atoms with E-state index in [-0.39, 0.29) is 0 Å². The molecule has 33 heavy (non-hydrogen) atoms. The van der Waals surface area contributed by atoms with Crippen molar-refractivity contribution < 1.29 is 31.1 Å². The zero-order chi connectivity index (χ0) is 24.6. The molecule has 180 valence electrons. The summed E-state index contributed by atoms with van der Waals surface area (Å²) in [6, 6.07) is 9.11. The summed E-state index contributed by atoms with van der Waals surface area (Å²) in [6.07, 6.45) is 0.200. The topological polar surface area (TPSA) is 72.5 Å². The van der Waals surface area contributed by atoms with Crippen LogP contribution in [0.2, 0.25) is 0 Å². The molecule has 0 bridgehead atoms. The molecule has 2 rings (SSSR count). The lowest BCUT2D eigenvalue weighted by Crippen LogP contribution is -2.30. The molecule has 5 nitrogen and oxygen atoms in total. The predicted molar refractivity (Wildman–Crippen MR) is 120 cm³/mol. The summed E-state index contributed by atoms with van der Waals surface area (Å²) >= 11 is 0. The van der Waals surface area contributed by atoms with Gasteiger partial charge in [-0.25, -0.2) is 13.2 Å². The minimum atomic E-state index is -4.66. The summed E-state index contributed by atoms with van der Waals surface area (Å²) in [4.78, 5) is 11.3. The van der Waals surface area contributed by atoms with Gasteiger partial charge in [-0.05, 0) is 48.7 Å². The van der Waals surface area contributed by atoms with Crippen LogP contribution in [0.25, 0.3) is 0 Å². The fraction of sp³-hybridized carbons (Fsp3) is 0.375. The first-order valence-electron chi connectivity index (χ1n) is 10.6. The van der Waals surface area contributed by atoms with Crippen LogP contribution >= 0.6 is 0 Å². The number of carbonyl (C=O) groups is 1. The highest BCUT2D eigenvalue weighted by molar-refractivity contribution is 7.89. The number of hydrogen-bond acceptors (Lipinski definition) is 4. The molecule has 1 atom stereocenters. The number of halogens is 3. The Morgan fingerprint density at radius 3 is 2.30 bits per heavy atom. The van der Waals surface area contributed by atoms with Crippen molar-refractivity contribution in [3.05, 3.63) is 76.9 Å². The normalized spacial score (nSPS) is 13.6. The van der Waals surface area contributed by atoms with Gasteiger partial charge in [0, 0.05) is 0 Å².